The number of benzene rings is 1. The Bertz CT molecular complexity index is 1050. The predicted octanol–water partition coefficient (Wildman–Crippen LogP) is -0.963. The number of carboxylic acid groups (broad SMARTS) is 3. The Hall–Kier alpha value is -4.20. The van der Waals surface area contributed by atoms with Crippen LogP contribution in [0.2, 0.25) is 0 Å². The Labute approximate surface area is 217 Å². The van der Waals surface area contributed by atoms with Gasteiger partial charge in [0.15, 0.2) is 0 Å². The van der Waals surface area contributed by atoms with Crippen molar-refractivity contribution >= 4 is 35.6 Å². The van der Waals surface area contributed by atoms with E-state index in [0.29, 0.717) is 12.0 Å². The highest BCUT2D eigenvalue weighted by Crippen LogP contribution is 2.20. The lowest BCUT2D eigenvalue weighted by Gasteiger charge is -2.28. The highest BCUT2D eigenvalue weighted by Gasteiger charge is 2.38. The van der Waals surface area contributed by atoms with Gasteiger partial charge >= 0.3 is 17.9 Å². The Morgan fingerprint density at radius 2 is 1.53 bits per heavy atom. The maximum atomic E-state index is 13.2. The molecule has 1 aliphatic rings. The smallest absolute Gasteiger partial charge is 0.326 e. The molecule has 14 nitrogen and oxygen atoms in total. The van der Waals surface area contributed by atoms with Crippen LogP contribution in [-0.2, 0) is 35.2 Å². The van der Waals surface area contributed by atoms with Crippen LogP contribution in [0.15, 0.2) is 24.3 Å². The third-order valence-corrected chi connectivity index (χ3v) is 6.10. The molecule has 0 radical (unpaired) electrons. The number of carboxylic acids is 3. The molecule has 0 spiro atoms. The molecule has 0 saturated carbocycles. The largest absolute Gasteiger partial charge is 0.508 e. The van der Waals surface area contributed by atoms with E-state index in [1.807, 2.05) is 0 Å². The summed E-state index contributed by atoms with van der Waals surface area (Å²) in [5.41, 5.74) is 6.36. The number of hydrogen-bond acceptors (Lipinski definition) is 8. The van der Waals surface area contributed by atoms with E-state index in [-0.39, 0.29) is 44.4 Å². The van der Waals surface area contributed by atoms with Crippen LogP contribution < -0.4 is 16.4 Å². The number of nitrogens with one attached hydrogen (secondary N) is 2. The fourth-order valence-corrected chi connectivity index (χ4v) is 4.06. The molecule has 8 N–H and O–H groups in total. The summed E-state index contributed by atoms with van der Waals surface area (Å²) < 4.78 is 0. The summed E-state index contributed by atoms with van der Waals surface area (Å²) in [5.74, 6) is -5.99. The number of phenols is 1. The molecule has 0 bridgehead atoms. The molecule has 1 saturated heterocycles. The van der Waals surface area contributed by atoms with Crippen LogP contribution >= 0.6 is 0 Å². The zero-order valence-corrected chi connectivity index (χ0v) is 20.5. The summed E-state index contributed by atoms with van der Waals surface area (Å²) in [5, 5.41) is 41.4. The number of amides is 3. The lowest BCUT2D eigenvalue weighted by atomic mass is 10.0. The van der Waals surface area contributed by atoms with Crippen molar-refractivity contribution in [2.24, 2.45) is 5.73 Å². The first kappa shape index (κ1) is 30.0. The number of aliphatic carboxylic acids is 3. The number of hydrogen-bond donors (Lipinski definition) is 7. The van der Waals surface area contributed by atoms with E-state index < -0.39 is 66.2 Å². The van der Waals surface area contributed by atoms with Crippen molar-refractivity contribution in [3.8, 4) is 5.75 Å². The van der Waals surface area contributed by atoms with Gasteiger partial charge in [0.25, 0.3) is 0 Å². The van der Waals surface area contributed by atoms with Gasteiger partial charge in [-0.15, -0.1) is 0 Å². The van der Waals surface area contributed by atoms with Crippen molar-refractivity contribution in [2.75, 3.05) is 6.54 Å². The lowest BCUT2D eigenvalue weighted by Crippen LogP contribution is -2.57. The molecular formula is C24H32N4O10. The monoisotopic (exact) mass is 536 g/mol. The van der Waals surface area contributed by atoms with E-state index >= 15 is 0 Å². The minimum absolute atomic E-state index is 0.0299. The summed E-state index contributed by atoms with van der Waals surface area (Å²) in [4.78, 5) is 73.5. The van der Waals surface area contributed by atoms with Crippen molar-refractivity contribution in [3.63, 3.8) is 0 Å². The molecule has 4 atom stereocenters. The van der Waals surface area contributed by atoms with Gasteiger partial charge in [0.1, 0.15) is 23.9 Å². The molecule has 1 fully saturated rings. The molecule has 0 aliphatic carbocycles. The second kappa shape index (κ2) is 13.9. The Morgan fingerprint density at radius 3 is 2.11 bits per heavy atom. The van der Waals surface area contributed by atoms with E-state index in [4.69, 9.17) is 15.9 Å². The van der Waals surface area contributed by atoms with Crippen molar-refractivity contribution in [3.05, 3.63) is 29.8 Å². The number of carbonyl (C=O) groups excluding carboxylic acids is 3. The van der Waals surface area contributed by atoms with E-state index in [1.165, 1.54) is 29.2 Å². The highest BCUT2D eigenvalue weighted by atomic mass is 16.4. The molecule has 14 heteroatoms. The molecule has 3 amide bonds. The van der Waals surface area contributed by atoms with Crippen LogP contribution in [0.25, 0.3) is 0 Å². The molecule has 0 aromatic heterocycles. The van der Waals surface area contributed by atoms with Gasteiger partial charge < -0.3 is 41.7 Å². The van der Waals surface area contributed by atoms with Gasteiger partial charge in [-0.3, -0.25) is 24.0 Å². The third-order valence-electron chi connectivity index (χ3n) is 6.10. The number of rotatable bonds is 14. The Morgan fingerprint density at radius 1 is 0.921 bits per heavy atom. The van der Waals surface area contributed by atoms with Gasteiger partial charge in [0, 0.05) is 25.8 Å². The zero-order valence-electron chi connectivity index (χ0n) is 20.5. The van der Waals surface area contributed by atoms with E-state index in [9.17, 15) is 39.0 Å². The number of likely N-dealkylation sites (tertiary alicyclic amines) is 1. The summed E-state index contributed by atoms with van der Waals surface area (Å²) in [6.45, 7) is 0.211. The summed E-state index contributed by atoms with van der Waals surface area (Å²) in [6.07, 6.45) is -0.671. The predicted molar refractivity (Wildman–Crippen MR) is 130 cm³/mol. The van der Waals surface area contributed by atoms with Crippen LogP contribution in [0.4, 0.5) is 0 Å². The van der Waals surface area contributed by atoms with Crippen molar-refractivity contribution in [1.29, 1.82) is 0 Å². The van der Waals surface area contributed by atoms with Crippen LogP contribution in [0.5, 0.6) is 5.75 Å². The minimum Gasteiger partial charge on any atom is -0.508 e. The number of nitrogens with zero attached hydrogens (tertiary/aromatic N) is 1. The number of phenolic OH excluding ortho intramolecular Hbond substituents is 1. The SMILES string of the molecule is NC(CCC(=O)O)C(=O)N1CCCC1C(=O)NC(Cc1ccc(O)cc1)C(=O)NC(CCC(=O)O)C(=O)O. The molecule has 2 rings (SSSR count). The number of nitrogens with two attached hydrogens (primary N) is 1. The average molecular weight is 537 g/mol. The molecule has 1 heterocycles. The Kier molecular flexibility index (Phi) is 11.0. The summed E-state index contributed by atoms with van der Waals surface area (Å²) >= 11 is 0. The molecule has 38 heavy (non-hydrogen) atoms. The highest BCUT2D eigenvalue weighted by molar-refractivity contribution is 5.94. The fraction of sp³-hybridized carbons (Fsp3) is 0.500. The molecule has 1 aliphatic heterocycles. The average Bonchev–Trinajstić information content (AvgIpc) is 3.35. The lowest BCUT2D eigenvalue weighted by molar-refractivity contribution is -0.144. The van der Waals surface area contributed by atoms with E-state index in [1.54, 1.807) is 0 Å². The standard InChI is InChI=1S/C24H32N4O10/c25-15(7-9-19(30)31)23(36)28-11-1-2-18(28)22(35)27-17(12-13-3-5-14(29)6-4-13)21(34)26-16(24(37)38)8-10-20(32)33/h3-6,15-18,29H,1-2,7-12,25H2,(H,26,34)(H,27,35)(H,30,31)(H,32,33)(H,37,38). The van der Waals surface area contributed by atoms with Gasteiger partial charge in [0.05, 0.1) is 6.04 Å². The van der Waals surface area contributed by atoms with Crippen molar-refractivity contribution < 1.29 is 49.2 Å². The van der Waals surface area contributed by atoms with Gasteiger partial charge in [0.2, 0.25) is 17.7 Å². The maximum absolute atomic E-state index is 13.2. The van der Waals surface area contributed by atoms with Crippen LogP contribution in [0.1, 0.15) is 44.1 Å². The Balaban J connectivity index is 2.19. The summed E-state index contributed by atoms with van der Waals surface area (Å²) in [6, 6.07) is 0.842. The van der Waals surface area contributed by atoms with Crippen LogP contribution in [-0.4, -0.2) is 91.7 Å². The molecule has 4 unspecified atom stereocenters. The minimum atomic E-state index is -1.52. The third kappa shape index (κ3) is 9.03. The number of aromatic hydroxyl groups is 1. The molecule has 1 aromatic rings. The van der Waals surface area contributed by atoms with Gasteiger partial charge in [-0.2, -0.15) is 0 Å². The van der Waals surface area contributed by atoms with E-state index in [2.05, 4.69) is 10.6 Å². The number of carbonyl (C=O) groups is 6. The van der Waals surface area contributed by atoms with E-state index in [0.717, 1.165) is 0 Å². The maximum Gasteiger partial charge on any atom is 0.326 e. The van der Waals surface area contributed by atoms with Gasteiger partial charge in [-0.1, -0.05) is 12.1 Å². The van der Waals surface area contributed by atoms with Crippen molar-refractivity contribution in [1.82, 2.24) is 15.5 Å². The second-order valence-electron chi connectivity index (χ2n) is 8.99. The van der Waals surface area contributed by atoms with Crippen LogP contribution in [0, 0.1) is 0 Å². The molecular weight excluding hydrogens is 504 g/mol. The topological polar surface area (TPSA) is 237 Å². The van der Waals surface area contributed by atoms with Crippen LogP contribution in [0.3, 0.4) is 0 Å². The first-order valence-electron chi connectivity index (χ1n) is 12.0. The summed E-state index contributed by atoms with van der Waals surface area (Å²) in [7, 11) is 0. The molecule has 208 valence electrons. The second-order valence-corrected chi connectivity index (χ2v) is 8.99. The first-order chi connectivity index (χ1) is 17.9. The quantitative estimate of drug-likeness (QED) is 0.153. The first-order valence-corrected chi connectivity index (χ1v) is 12.0. The van der Waals surface area contributed by atoms with Gasteiger partial charge in [-0.05, 0) is 43.4 Å². The van der Waals surface area contributed by atoms with Gasteiger partial charge in [-0.25, -0.2) is 4.79 Å². The normalized spacial score (nSPS) is 17.2. The zero-order chi connectivity index (χ0) is 28.4. The molecule has 1 aromatic carbocycles. The fourth-order valence-electron chi connectivity index (χ4n) is 4.06. The van der Waals surface area contributed by atoms with Crippen molar-refractivity contribution in [2.45, 2.75) is 69.1 Å².